The summed E-state index contributed by atoms with van der Waals surface area (Å²) in [4.78, 5) is 9.38. The van der Waals surface area contributed by atoms with Crippen molar-refractivity contribution in [3.05, 3.63) is 48.0 Å². The molecule has 26 heavy (non-hydrogen) atoms. The molecule has 1 saturated heterocycles. The minimum atomic E-state index is -0.733. The standard InChI is InChI=1S/C20H23F2N3O/c21-15-8-9-18(17(22)14-15)26-20-7-2-6-19(23-20)25-11-3-10-24(12-13-25)16-4-1-5-16/h2,6-9,14,16H,1,3-5,10-13H2. The van der Waals surface area contributed by atoms with Crippen molar-refractivity contribution in [3.8, 4) is 11.6 Å². The van der Waals surface area contributed by atoms with Gasteiger partial charge in [-0.15, -0.1) is 0 Å². The lowest BCUT2D eigenvalue weighted by molar-refractivity contribution is 0.136. The molecular weight excluding hydrogens is 336 g/mol. The molecule has 2 heterocycles. The van der Waals surface area contributed by atoms with Crippen LogP contribution in [0.5, 0.6) is 11.6 Å². The van der Waals surface area contributed by atoms with E-state index in [1.807, 2.05) is 12.1 Å². The zero-order valence-corrected chi connectivity index (χ0v) is 14.7. The third-order valence-corrected chi connectivity index (χ3v) is 5.26. The summed E-state index contributed by atoms with van der Waals surface area (Å²) in [5.74, 6) is -0.239. The first-order valence-electron chi connectivity index (χ1n) is 9.28. The maximum Gasteiger partial charge on any atom is 0.221 e. The van der Waals surface area contributed by atoms with E-state index in [4.69, 9.17) is 4.74 Å². The van der Waals surface area contributed by atoms with E-state index in [-0.39, 0.29) is 5.75 Å². The molecule has 0 atom stereocenters. The van der Waals surface area contributed by atoms with Gasteiger partial charge in [-0.05, 0) is 37.5 Å². The highest BCUT2D eigenvalue weighted by Crippen LogP contribution is 2.28. The van der Waals surface area contributed by atoms with E-state index in [1.54, 1.807) is 6.07 Å². The second kappa shape index (κ2) is 7.58. The van der Waals surface area contributed by atoms with Gasteiger partial charge >= 0.3 is 0 Å². The van der Waals surface area contributed by atoms with Crippen molar-refractivity contribution < 1.29 is 13.5 Å². The summed E-state index contributed by atoms with van der Waals surface area (Å²) in [6.07, 6.45) is 5.11. The molecule has 0 amide bonds. The van der Waals surface area contributed by atoms with E-state index >= 15 is 0 Å². The van der Waals surface area contributed by atoms with Gasteiger partial charge in [-0.2, -0.15) is 4.98 Å². The van der Waals surface area contributed by atoms with Crippen molar-refractivity contribution in [3.63, 3.8) is 0 Å². The molecule has 1 aromatic carbocycles. The SMILES string of the molecule is Fc1ccc(Oc2cccc(N3CCCN(C4CCC4)CC3)n2)c(F)c1. The fourth-order valence-corrected chi connectivity index (χ4v) is 3.59. The summed E-state index contributed by atoms with van der Waals surface area (Å²) in [5.41, 5.74) is 0. The van der Waals surface area contributed by atoms with Crippen molar-refractivity contribution in [1.82, 2.24) is 9.88 Å². The lowest BCUT2D eigenvalue weighted by Crippen LogP contribution is -2.42. The van der Waals surface area contributed by atoms with Crippen LogP contribution in [0.3, 0.4) is 0 Å². The third-order valence-electron chi connectivity index (χ3n) is 5.26. The number of hydrogen-bond donors (Lipinski definition) is 0. The Morgan fingerprint density at radius 2 is 1.85 bits per heavy atom. The van der Waals surface area contributed by atoms with Gasteiger partial charge < -0.3 is 9.64 Å². The number of aromatic nitrogens is 1. The van der Waals surface area contributed by atoms with Crippen LogP contribution in [-0.4, -0.2) is 42.1 Å². The van der Waals surface area contributed by atoms with Crippen molar-refractivity contribution in [1.29, 1.82) is 0 Å². The molecule has 0 unspecified atom stereocenters. The molecule has 1 aromatic heterocycles. The van der Waals surface area contributed by atoms with E-state index in [9.17, 15) is 8.78 Å². The van der Waals surface area contributed by atoms with Gasteiger partial charge in [-0.1, -0.05) is 12.5 Å². The maximum absolute atomic E-state index is 13.8. The minimum Gasteiger partial charge on any atom is -0.436 e. The predicted octanol–water partition coefficient (Wildman–Crippen LogP) is 4.22. The van der Waals surface area contributed by atoms with Crippen LogP contribution in [0.15, 0.2) is 36.4 Å². The molecule has 2 aliphatic rings. The normalized spacial score (nSPS) is 19.1. The van der Waals surface area contributed by atoms with Gasteiger partial charge in [0, 0.05) is 44.4 Å². The lowest BCUT2D eigenvalue weighted by atomic mass is 9.91. The fourth-order valence-electron chi connectivity index (χ4n) is 3.59. The van der Waals surface area contributed by atoms with Crippen LogP contribution in [0.1, 0.15) is 25.7 Å². The summed E-state index contributed by atoms with van der Waals surface area (Å²) in [6, 6.07) is 9.51. The van der Waals surface area contributed by atoms with Crippen molar-refractivity contribution in [2.45, 2.75) is 31.7 Å². The van der Waals surface area contributed by atoms with Gasteiger partial charge in [0.15, 0.2) is 11.6 Å². The molecular formula is C20H23F2N3O. The van der Waals surface area contributed by atoms with Crippen LogP contribution in [0.25, 0.3) is 0 Å². The quantitative estimate of drug-likeness (QED) is 0.817. The topological polar surface area (TPSA) is 28.6 Å². The molecule has 0 bridgehead atoms. The third kappa shape index (κ3) is 3.80. The molecule has 1 saturated carbocycles. The zero-order chi connectivity index (χ0) is 17.9. The molecule has 1 aliphatic carbocycles. The van der Waals surface area contributed by atoms with Crippen LogP contribution >= 0.6 is 0 Å². The monoisotopic (exact) mass is 359 g/mol. The van der Waals surface area contributed by atoms with Gasteiger partial charge in [0.05, 0.1) is 0 Å². The molecule has 4 nitrogen and oxygen atoms in total. The van der Waals surface area contributed by atoms with E-state index in [0.717, 1.165) is 50.5 Å². The van der Waals surface area contributed by atoms with Crippen molar-refractivity contribution in [2.24, 2.45) is 0 Å². The molecule has 2 fully saturated rings. The maximum atomic E-state index is 13.8. The van der Waals surface area contributed by atoms with Crippen molar-refractivity contribution in [2.75, 3.05) is 31.1 Å². The largest absolute Gasteiger partial charge is 0.436 e. The summed E-state index contributed by atoms with van der Waals surface area (Å²) in [6.45, 7) is 4.06. The Labute approximate surface area is 152 Å². The highest BCUT2D eigenvalue weighted by Gasteiger charge is 2.26. The van der Waals surface area contributed by atoms with Gasteiger partial charge in [-0.25, -0.2) is 8.78 Å². The Morgan fingerprint density at radius 3 is 2.62 bits per heavy atom. The summed E-state index contributed by atoms with van der Waals surface area (Å²) >= 11 is 0. The van der Waals surface area contributed by atoms with Crippen LogP contribution in [0.4, 0.5) is 14.6 Å². The van der Waals surface area contributed by atoms with Crippen molar-refractivity contribution >= 4 is 5.82 Å². The second-order valence-electron chi connectivity index (χ2n) is 6.97. The molecule has 2 aromatic rings. The molecule has 0 radical (unpaired) electrons. The summed E-state index contributed by atoms with van der Waals surface area (Å²) in [7, 11) is 0. The minimum absolute atomic E-state index is 0.0249. The smallest absolute Gasteiger partial charge is 0.221 e. The fraction of sp³-hybridized carbons (Fsp3) is 0.450. The molecule has 0 spiro atoms. The number of pyridine rings is 1. The average molecular weight is 359 g/mol. The van der Waals surface area contributed by atoms with E-state index in [0.29, 0.717) is 5.88 Å². The van der Waals surface area contributed by atoms with Crippen LogP contribution in [0.2, 0.25) is 0 Å². The number of nitrogens with zero attached hydrogens (tertiary/aromatic N) is 3. The first-order chi connectivity index (χ1) is 12.7. The van der Waals surface area contributed by atoms with Crippen LogP contribution in [0, 0.1) is 11.6 Å². The molecule has 138 valence electrons. The first kappa shape index (κ1) is 17.2. The highest BCUT2D eigenvalue weighted by atomic mass is 19.1. The number of halogens is 2. The van der Waals surface area contributed by atoms with Gasteiger partial charge in [0.25, 0.3) is 0 Å². The van der Waals surface area contributed by atoms with Crippen LogP contribution in [-0.2, 0) is 0 Å². The van der Waals surface area contributed by atoms with E-state index in [2.05, 4.69) is 14.8 Å². The van der Waals surface area contributed by atoms with Gasteiger partial charge in [0.1, 0.15) is 11.6 Å². The van der Waals surface area contributed by atoms with E-state index < -0.39 is 11.6 Å². The first-order valence-corrected chi connectivity index (χ1v) is 9.28. The number of hydrogen-bond acceptors (Lipinski definition) is 4. The Kier molecular flexibility index (Phi) is 5.02. The van der Waals surface area contributed by atoms with Crippen LogP contribution < -0.4 is 9.64 Å². The van der Waals surface area contributed by atoms with Gasteiger partial charge in [0.2, 0.25) is 5.88 Å². The Hall–Kier alpha value is -2.21. The number of benzene rings is 1. The lowest BCUT2D eigenvalue weighted by Gasteiger charge is -2.36. The summed E-state index contributed by atoms with van der Waals surface area (Å²) < 4.78 is 32.3. The van der Waals surface area contributed by atoms with Gasteiger partial charge in [-0.3, -0.25) is 4.90 Å². The Morgan fingerprint density at radius 1 is 0.962 bits per heavy atom. The zero-order valence-electron chi connectivity index (χ0n) is 14.7. The Balaban J connectivity index is 1.45. The molecule has 4 rings (SSSR count). The molecule has 6 heteroatoms. The average Bonchev–Trinajstić information content (AvgIpc) is 2.82. The highest BCUT2D eigenvalue weighted by molar-refractivity contribution is 5.42. The predicted molar refractivity (Wildman–Crippen MR) is 96.7 cm³/mol. The Bertz CT molecular complexity index is 766. The number of rotatable bonds is 4. The summed E-state index contributed by atoms with van der Waals surface area (Å²) in [5, 5.41) is 0. The molecule has 1 aliphatic heterocycles. The molecule has 0 N–H and O–H groups in total. The second-order valence-corrected chi connectivity index (χ2v) is 6.97. The van der Waals surface area contributed by atoms with E-state index in [1.165, 1.54) is 31.4 Å². The number of ether oxygens (including phenoxy) is 1. The number of anilines is 1.